The van der Waals surface area contributed by atoms with Crippen LogP contribution < -0.4 is 20.5 Å². The number of carbonyl (C=O) groups excluding carboxylic acids is 2. The number of primary amides is 1. The van der Waals surface area contributed by atoms with Crippen LogP contribution in [-0.4, -0.2) is 25.5 Å². The number of methoxy groups -OCH3 is 1. The van der Waals surface area contributed by atoms with Gasteiger partial charge in [0.05, 0.1) is 18.4 Å². The fraction of sp³-hybridized carbons (Fsp3) is 0.176. The van der Waals surface area contributed by atoms with E-state index in [0.717, 1.165) is 10.0 Å². The molecule has 2 amide bonds. The summed E-state index contributed by atoms with van der Waals surface area (Å²) < 4.78 is 11.3. The molecular weight excluding hydrogens is 376 g/mol. The maximum absolute atomic E-state index is 12.1. The summed E-state index contributed by atoms with van der Waals surface area (Å²) in [5, 5.41) is 2.73. The first-order valence-corrected chi connectivity index (χ1v) is 7.86. The summed E-state index contributed by atoms with van der Waals surface area (Å²) in [6.45, 7) is 1.68. The van der Waals surface area contributed by atoms with E-state index in [2.05, 4.69) is 21.2 Å². The fourth-order valence-corrected chi connectivity index (χ4v) is 2.60. The highest BCUT2D eigenvalue weighted by Crippen LogP contribution is 2.25. The van der Waals surface area contributed by atoms with Crippen LogP contribution in [-0.2, 0) is 4.79 Å². The first-order valence-electron chi connectivity index (χ1n) is 7.07. The third kappa shape index (κ3) is 4.48. The SMILES string of the molecule is COc1ccc(C(N)=O)c(OCC(=O)Nc2ccc(C)cc2Br)c1. The second-order valence-electron chi connectivity index (χ2n) is 5.05. The Morgan fingerprint density at radius 3 is 2.58 bits per heavy atom. The van der Waals surface area contributed by atoms with Gasteiger partial charge in [0, 0.05) is 10.5 Å². The highest BCUT2D eigenvalue weighted by atomic mass is 79.9. The normalized spacial score (nSPS) is 10.1. The molecule has 3 N–H and O–H groups in total. The van der Waals surface area contributed by atoms with Crippen LogP contribution in [0.1, 0.15) is 15.9 Å². The van der Waals surface area contributed by atoms with E-state index in [1.165, 1.54) is 19.2 Å². The zero-order valence-corrected chi connectivity index (χ0v) is 14.8. The lowest BCUT2D eigenvalue weighted by Crippen LogP contribution is -2.22. The molecule has 0 fully saturated rings. The Bertz CT molecular complexity index is 777. The van der Waals surface area contributed by atoms with Gasteiger partial charge in [-0.25, -0.2) is 0 Å². The van der Waals surface area contributed by atoms with Gasteiger partial charge in [-0.05, 0) is 52.7 Å². The van der Waals surface area contributed by atoms with Gasteiger partial charge in [-0.15, -0.1) is 0 Å². The van der Waals surface area contributed by atoms with Crippen molar-refractivity contribution < 1.29 is 19.1 Å². The molecule has 0 heterocycles. The van der Waals surface area contributed by atoms with Crippen molar-refractivity contribution in [3.05, 3.63) is 52.0 Å². The Balaban J connectivity index is 2.07. The van der Waals surface area contributed by atoms with Crippen LogP contribution in [0.15, 0.2) is 40.9 Å². The molecule has 2 aromatic rings. The van der Waals surface area contributed by atoms with Gasteiger partial charge >= 0.3 is 0 Å². The maximum Gasteiger partial charge on any atom is 0.262 e. The van der Waals surface area contributed by atoms with E-state index in [1.807, 2.05) is 19.1 Å². The summed E-state index contributed by atoms with van der Waals surface area (Å²) in [6, 6.07) is 10.2. The third-order valence-electron chi connectivity index (χ3n) is 3.21. The minimum absolute atomic E-state index is 0.181. The maximum atomic E-state index is 12.1. The van der Waals surface area contributed by atoms with Gasteiger partial charge in [-0.2, -0.15) is 0 Å². The number of rotatable bonds is 6. The molecule has 0 aliphatic heterocycles. The number of benzene rings is 2. The Labute approximate surface area is 148 Å². The van der Waals surface area contributed by atoms with Crippen molar-refractivity contribution >= 4 is 33.4 Å². The molecular formula is C17H17BrN2O4. The van der Waals surface area contributed by atoms with Crippen molar-refractivity contribution in [3.8, 4) is 11.5 Å². The number of nitrogens with one attached hydrogen (secondary N) is 1. The Morgan fingerprint density at radius 2 is 1.96 bits per heavy atom. The van der Waals surface area contributed by atoms with Gasteiger partial charge in [0.2, 0.25) is 0 Å². The standard InChI is InChI=1S/C17H17BrN2O4/c1-10-3-6-14(13(18)7-10)20-16(21)9-24-15-8-11(23-2)4-5-12(15)17(19)22/h3-8H,9H2,1-2H3,(H2,19,22)(H,20,21). The zero-order valence-electron chi connectivity index (χ0n) is 13.3. The highest BCUT2D eigenvalue weighted by molar-refractivity contribution is 9.10. The quantitative estimate of drug-likeness (QED) is 0.790. The lowest BCUT2D eigenvalue weighted by Gasteiger charge is -2.12. The monoisotopic (exact) mass is 392 g/mol. The number of hydrogen-bond donors (Lipinski definition) is 2. The summed E-state index contributed by atoms with van der Waals surface area (Å²) in [5.74, 6) is -0.316. The van der Waals surface area contributed by atoms with Crippen LogP contribution in [0.2, 0.25) is 0 Å². The Morgan fingerprint density at radius 1 is 1.21 bits per heavy atom. The molecule has 0 aromatic heterocycles. The molecule has 0 saturated carbocycles. The molecule has 2 aromatic carbocycles. The predicted molar refractivity (Wildman–Crippen MR) is 94.5 cm³/mol. The van der Waals surface area contributed by atoms with Crippen molar-refractivity contribution in [2.45, 2.75) is 6.92 Å². The lowest BCUT2D eigenvalue weighted by molar-refractivity contribution is -0.118. The molecule has 7 heteroatoms. The van der Waals surface area contributed by atoms with Gasteiger partial charge in [0.15, 0.2) is 6.61 Å². The molecule has 0 atom stereocenters. The van der Waals surface area contributed by atoms with Crippen molar-refractivity contribution in [2.24, 2.45) is 5.73 Å². The van der Waals surface area contributed by atoms with Gasteiger partial charge in [-0.3, -0.25) is 9.59 Å². The zero-order chi connectivity index (χ0) is 17.7. The summed E-state index contributed by atoms with van der Waals surface area (Å²) in [6.07, 6.45) is 0. The average molecular weight is 393 g/mol. The average Bonchev–Trinajstić information content (AvgIpc) is 2.55. The van der Waals surface area contributed by atoms with Gasteiger partial charge in [0.1, 0.15) is 11.5 Å². The van der Waals surface area contributed by atoms with Crippen molar-refractivity contribution in [2.75, 3.05) is 19.0 Å². The number of hydrogen-bond acceptors (Lipinski definition) is 4. The van der Waals surface area contributed by atoms with E-state index in [9.17, 15) is 9.59 Å². The number of ether oxygens (including phenoxy) is 2. The molecule has 24 heavy (non-hydrogen) atoms. The Hall–Kier alpha value is -2.54. The van der Waals surface area contributed by atoms with Crippen LogP contribution in [0.5, 0.6) is 11.5 Å². The second kappa shape index (κ2) is 7.83. The lowest BCUT2D eigenvalue weighted by atomic mass is 10.2. The van der Waals surface area contributed by atoms with Crippen LogP contribution in [0.25, 0.3) is 0 Å². The molecule has 6 nitrogen and oxygen atoms in total. The molecule has 0 radical (unpaired) electrons. The van der Waals surface area contributed by atoms with Crippen LogP contribution in [0, 0.1) is 6.92 Å². The second-order valence-corrected chi connectivity index (χ2v) is 5.90. The van der Waals surface area contributed by atoms with Crippen molar-refractivity contribution in [3.63, 3.8) is 0 Å². The fourth-order valence-electron chi connectivity index (χ4n) is 2.00. The first-order chi connectivity index (χ1) is 11.4. The van der Waals surface area contributed by atoms with Crippen molar-refractivity contribution in [1.82, 2.24) is 0 Å². The van der Waals surface area contributed by atoms with E-state index in [0.29, 0.717) is 11.4 Å². The first kappa shape index (κ1) is 17.8. The molecule has 0 unspecified atom stereocenters. The van der Waals surface area contributed by atoms with Crippen LogP contribution >= 0.6 is 15.9 Å². The van der Waals surface area contributed by atoms with Gasteiger partial charge in [-0.1, -0.05) is 6.07 Å². The highest BCUT2D eigenvalue weighted by Gasteiger charge is 2.13. The minimum atomic E-state index is -0.644. The van der Waals surface area contributed by atoms with Crippen LogP contribution in [0.3, 0.4) is 0 Å². The van der Waals surface area contributed by atoms with E-state index >= 15 is 0 Å². The van der Waals surface area contributed by atoms with Gasteiger partial charge < -0.3 is 20.5 Å². The molecule has 0 spiro atoms. The number of anilines is 1. The van der Waals surface area contributed by atoms with Crippen molar-refractivity contribution in [1.29, 1.82) is 0 Å². The summed E-state index contributed by atoms with van der Waals surface area (Å²) in [4.78, 5) is 23.5. The minimum Gasteiger partial charge on any atom is -0.497 e. The molecule has 2 rings (SSSR count). The largest absolute Gasteiger partial charge is 0.497 e. The molecule has 0 aliphatic rings. The predicted octanol–water partition coefficient (Wildman–Crippen LogP) is 2.88. The Kier molecular flexibility index (Phi) is 5.81. The van der Waals surface area contributed by atoms with E-state index in [1.54, 1.807) is 12.1 Å². The van der Waals surface area contributed by atoms with E-state index < -0.39 is 5.91 Å². The molecule has 0 bridgehead atoms. The summed E-state index contributed by atoms with van der Waals surface area (Å²) in [5.41, 5.74) is 7.19. The number of amides is 2. The smallest absolute Gasteiger partial charge is 0.262 e. The number of carbonyl (C=O) groups is 2. The molecule has 0 saturated heterocycles. The van der Waals surface area contributed by atoms with E-state index in [-0.39, 0.29) is 23.8 Å². The summed E-state index contributed by atoms with van der Waals surface area (Å²) in [7, 11) is 1.49. The summed E-state index contributed by atoms with van der Waals surface area (Å²) >= 11 is 3.39. The molecule has 126 valence electrons. The van der Waals surface area contributed by atoms with E-state index in [4.69, 9.17) is 15.2 Å². The third-order valence-corrected chi connectivity index (χ3v) is 3.87. The van der Waals surface area contributed by atoms with Gasteiger partial charge in [0.25, 0.3) is 11.8 Å². The number of halogens is 1. The number of nitrogens with two attached hydrogens (primary N) is 1. The van der Waals surface area contributed by atoms with Crippen LogP contribution in [0.4, 0.5) is 5.69 Å². The topological polar surface area (TPSA) is 90.7 Å². The number of aryl methyl sites for hydroxylation is 1. The molecule has 0 aliphatic carbocycles.